The third-order valence-electron chi connectivity index (χ3n) is 2.79. The Kier molecular flexibility index (Phi) is 3.69. The van der Waals surface area contributed by atoms with E-state index < -0.39 is 0 Å². The summed E-state index contributed by atoms with van der Waals surface area (Å²) in [7, 11) is 0. The topological polar surface area (TPSA) is 81.4 Å². The van der Waals surface area contributed by atoms with E-state index in [1.54, 1.807) is 0 Å². The molecular weight excluding hydrogens is 260 g/mol. The smallest absolute Gasteiger partial charge is 0.320 e. The van der Waals surface area contributed by atoms with Gasteiger partial charge >= 0.3 is 6.01 Å². The van der Waals surface area contributed by atoms with Crippen LogP contribution in [0, 0.1) is 0 Å². The van der Waals surface area contributed by atoms with Gasteiger partial charge in [0.1, 0.15) is 0 Å². The molecule has 7 nitrogen and oxygen atoms in total. The zero-order valence-electron chi connectivity index (χ0n) is 11.2. The van der Waals surface area contributed by atoms with Gasteiger partial charge in [-0.05, 0) is 25.1 Å². The molecule has 106 valence electrons. The molecule has 0 fully saturated rings. The number of aromatic nitrogens is 2. The Bertz CT molecular complexity index is 585. The van der Waals surface area contributed by atoms with Gasteiger partial charge in [-0.3, -0.25) is 0 Å². The molecule has 0 atom stereocenters. The number of fused-ring (bicyclic) bond motifs is 1. The summed E-state index contributed by atoms with van der Waals surface area (Å²) >= 11 is 0. The molecule has 2 heterocycles. The molecule has 0 unspecified atom stereocenters. The number of nitrogens with zero attached hydrogens (tertiary/aromatic N) is 2. The zero-order valence-corrected chi connectivity index (χ0v) is 11.2. The van der Waals surface area contributed by atoms with Crippen molar-refractivity contribution in [3.63, 3.8) is 0 Å². The molecule has 3 rings (SSSR count). The molecule has 0 radical (unpaired) electrons. The van der Waals surface area contributed by atoms with Gasteiger partial charge in [0.25, 0.3) is 0 Å². The van der Waals surface area contributed by atoms with Crippen molar-refractivity contribution in [3.8, 4) is 11.5 Å². The van der Waals surface area contributed by atoms with Gasteiger partial charge in [0.2, 0.25) is 12.7 Å². The van der Waals surface area contributed by atoms with Crippen LogP contribution in [0.25, 0.3) is 0 Å². The predicted octanol–water partition coefficient (Wildman–Crippen LogP) is 2.04. The van der Waals surface area contributed by atoms with Crippen molar-refractivity contribution >= 4 is 11.7 Å². The Labute approximate surface area is 116 Å². The average molecular weight is 276 g/mol. The van der Waals surface area contributed by atoms with Crippen LogP contribution in [0.1, 0.15) is 19.2 Å². The maximum absolute atomic E-state index is 5.49. The molecule has 0 saturated carbocycles. The van der Waals surface area contributed by atoms with E-state index in [9.17, 15) is 0 Å². The largest absolute Gasteiger partial charge is 0.454 e. The lowest BCUT2D eigenvalue weighted by atomic mass is 10.3. The standard InChI is InChI=1S/C13H16N4O3/c1-2-5-14-7-12-16-17-13(20-12)15-9-3-4-10-11(6-9)19-8-18-10/h3-4,6,14H,2,5,7-8H2,1H3,(H,15,17). The minimum Gasteiger partial charge on any atom is -0.454 e. The van der Waals surface area contributed by atoms with Gasteiger partial charge in [-0.2, -0.15) is 0 Å². The molecule has 7 heteroatoms. The maximum Gasteiger partial charge on any atom is 0.320 e. The van der Waals surface area contributed by atoms with Crippen LogP contribution in [0.15, 0.2) is 22.6 Å². The van der Waals surface area contributed by atoms with E-state index in [1.807, 2.05) is 18.2 Å². The van der Waals surface area contributed by atoms with Crippen LogP contribution in [0.4, 0.5) is 11.7 Å². The molecule has 0 bridgehead atoms. The molecule has 2 N–H and O–H groups in total. The number of rotatable bonds is 6. The fourth-order valence-corrected chi connectivity index (χ4v) is 1.85. The van der Waals surface area contributed by atoms with Crippen LogP contribution in [0.5, 0.6) is 11.5 Å². The van der Waals surface area contributed by atoms with Crippen molar-refractivity contribution in [1.82, 2.24) is 15.5 Å². The normalized spacial score (nSPS) is 12.7. The van der Waals surface area contributed by atoms with Gasteiger partial charge in [0, 0.05) is 11.8 Å². The monoisotopic (exact) mass is 276 g/mol. The minimum atomic E-state index is 0.257. The van der Waals surface area contributed by atoms with Gasteiger partial charge < -0.3 is 24.5 Å². The van der Waals surface area contributed by atoms with E-state index in [4.69, 9.17) is 13.9 Å². The van der Waals surface area contributed by atoms with E-state index in [-0.39, 0.29) is 6.79 Å². The van der Waals surface area contributed by atoms with E-state index in [1.165, 1.54) is 0 Å². The summed E-state index contributed by atoms with van der Waals surface area (Å²) in [5, 5.41) is 14.1. The van der Waals surface area contributed by atoms with Gasteiger partial charge in [-0.25, -0.2) is 0 Å². The quantitative estimate of drug-likeness (QED) is 0.781. The molecule has 0 saturated heterocycles. The highest BCUT2D eigenvalue weighted by atomic mass is 16.7. The first kappa shape index (κ1) is 12.7. The van der Waals surface area contributed by atoms with Crippen molar-refractivity contribution in [2.75, 3.05) is 18.7 Å². The molecule has 0 spiro atoms. The van der Waals surface area contributed by atoms with E-state index in [0.29, 0.717) is 24.2 Å². The summed E-state index contributed by atoms with van der Waals surface area (Å²) in [4.78, 5) is 0. The molecule has 0 aliphatic carbocycles. The zero-order chi connectivity index (χ0) is 13.8. The summed E-state index contributed by atoms with van der Waals surface area (Å²) in [5.74, 6) is 2.01. The number of anilines is 2. The van der Waals surface area contributed by atoms with Gasteiger partial charge in [0.05, 0.1) is 6.54 Å². The third-order valence-corrected chi connectivity index (χ3v) is 2.79. The highest BCUT2D eigenvalue weighted by molar-refractivity contribution is 5.59. The number of ether oxygens (including phenoxy) is 2. The number of nitrogens with one attached hydrogen (secondary N) is 2. The first-order valence-electron chi connectivity index (χ1n) is 6.55. The summed E-state index contributed by atoms with van der Waals surface area (Å²) in [5.41, 5.74) is 0.811. The molecule has 1 aromatic heterocycles. The number of hydrogen-bond acceptors (Lipinski definition) is 7. The summed E-state index contributed by atoms with van der Waals surface area (Å²) in [6, 6.07) is 5.90. The van der Waals surface area contributed by atoms with Crippen molar-refractivity contribution < 1.29 is 13.9 Å². The lowest BCUT2D eigenvalue weighted by Crippen LogP contribution is -2.13. The second-order valence-corrected chi connectivity index (χ2v) is 4.37. The van der Waals surface area contributed by atoms with E-state index in [0.717, 1.165) is 24.4 Å². The number of benzene rings is 1. The van der Waals surface area contributed by atoms with Gasteiger partial charge in [-0.15, -0.1) is 5.10 Å². The Hall–Kier alpha value is -2.28. The van der Waals surface area contributed by atoms with Crippen LogP contribution < -0.4 is 20.1 Å². The molecule has 0 amide bonds. The lowest BCUT2D eigenvalue weighted by molar-refractivity contribution is 0.174. The van der Waals surface area contributed by atoms with Gasteiger partial charge in [-0.1, -0.05) is 12.0 Å². The molecule has 1 aromatic carbocycles. The summed E-state index contributed by atoms with van der Waals surface area (Å²) in [6.45, 7) is 3.86. The maximum atomic E-state index is 5.49. The van der Waals surface area contributed by atoms with Crippen molar-refractivity contribution in [3.05, 3.63) is 24.1 Å². The predicted molar refractivity (Wildman–Crippen MR) is 72.1 cm³/mol. The first-order chi connectivity index (χ1) is 9.85. The SMILES string of the molecule is CCCNCc1nnc(Nc2ccc3c(c2)OCO3)o1. The average Bonchev–Trinajstić information content (AvgIpc) is 3.08. The van der Waals surface area contributed by atoms with E-state index >= 15 is 0 Å². The highest BCUT2D eigenvalue weighted by Gasteiger charge is 2.14. The second kappa shape index (κ2) is 5.79. The van der Waals surface area contributed by atoms with Crippen LogP contribution >= 0.6 is 0 Å². The van der Waals surface area contributed by atoms with Crippen molar-refractivity contribution in [1.29, 1.82) is 0 Å². The molecule has 20 heavy (non-hydrogen) atoms. The van der Waals surface area contributed by atoms with Crippen LogP contribution in [0.3, 0.4) is 0 Å². The Morgan fingerprint density at radius 2 is 2.10 bits per heavy atom. The summed E-state index contributed by atoms with van der Waals surface area (Å²) < 4.78 is 16.0. The van der Waals surface area contributed by atoms with Crippen molar-refractivity contribution in [2.45, 2.75) is 19.9 Å². The third kappa shape index (κ3) is 2.83. The fourth-order valence-electron chi connectivity index (χ4n) is 1.85. The molecular formula is C13H16N4O3. The Balaban J connectivity index is 1.63. The second-order valence-electron chi connectivity index (χ2n) is 4.37. The van der Waals surface area contributed by atoms with E-state index in [2.05, 4.69) is 27.8 Å². The Morgan fingerprint density at radius 3 is 3.00 bits per heavy atom. The molecule has 1 aliphatic heterocycles. The highest BCUT2D eigenvalue weighted by Crippen LogP contribution is 2.34. The number of hydrogen-bond donors (Lipinski definition) is 2. The summed E-state index contributed by atoms with van der Waals surface area (Å²) in [6.07, 6.45) is 1.07. The van der Waals surface area contributed by atoms with Gasteiger partial charge in [0.15, 0.2) is 11.5 Å². The van der Waals surface area contributed by atoms with Crippen LogP contribution in [-0.4, -0.2) is 23.5 Å². The molecule has 1 aliphatic rings. The minimum absolute atomic E-state index is 0.257. The van der Waals surface area contributed by atoms with Crippen molar-refractivity contribution in [2.24, 2.45) is 0 Å². The fraction of sp³-hybridized carbons (Fsp3) is 0.385. The Morgan fingerprint density at radius 1 is 1.20 bits per heavy atom. The van der Waals surface area contributed by atoms with Crippen LogP contribution in [0.2, 0.25) is 0 Å². The molecule has 2 aromatic rings. The first-order valence-corrected chi connectivity index (χ1v) is 6.55. The van der Waals surface area contributed by atoms with Crippen LogP contribution in [-0.2, 0) is 6.54 Å². The lowest BCUT2D eigenvalue weighted by Gasteiger charge is -2.02.